The molecule has 2 nitrogen and oxygen atoms in total. The van der Waals surface area contributed by atoms with E-state index in [1.165, 1.54) is 53.6 Å². The first-order valence-electron chi connectivity index (χ1n) is 12.6. The van der Waals surface area contributed by atoms with Gasteiger partial charge in [-0.25, -0.2) is 9.97 Å². The molecule has 2 aromatic heterocycles. The first-order valence-corrected chi connectivity index (χ1v) is 14.3. The molecule has 0 aliphatic carbocycles. The maximum absolute atomic E-state index is 4.74. The van der Waals surface area contributed by atoms with Crippen LogP contribution in [0.5, 0.6) is 0 Å². The van der Waals surface area contributed by atoms with E-state index in [9.17, 15) is 0 Å². The first-order chi connectivity index (χ1) is 18.6. The van der Waals surface area contributed by atoms with Crippen LogP contribution in [0.1, 0.15) is 11.1 Å². The Morgan fingerprint density at radius 1 is 0.421 bits per heavy atom. The molecule has 0 fully saturated rings. The summed E-state index contributed by atoms with van der Waals surface area (Å²) in [6.45, 7) is 4.23. The highest BCUT2D eigenvalue weighted by molar-refractivity contribution is 7.18. The van der Waals surface area contributed by atoms with Crippen molar-refractivity contribution in [3.05, 3.63) is 121 Å². The Kier molecular flexibility index (Phi) is 5.65. The van der Waals surface area contributed by atoms with Crippen LogP contribution < -0.4 is 0 Å². The summed E-state index contributed by atoms with van der Waals surface area (Å²) in [6.07, 6.45) is 3.97. The summed E-state index contributed by atoms with van der Waals surface area (Å²) in [5.41, 5.74) is 7.28. The van der Waals surface area contributed by atoms with Gasteiger partial charge in [0.15, 0.2) is 0 Å². The lowest BCUT2D eigenvalue weighted by Crippen LogP contribution is -1.81. The van der Waals surface area contributed by atoms with Gasteiger partial charge in [0.2, 0.25) is 0 Å². The summed E-state index contributed by atoms with van der Waals surface area (Å²) in [7, 11) is 0. The van der Waals surface area contributed by atoms with Crippen molar-refractivity contribution >= 4 is 44.2 Å². The van der Waals surface area contributed by atoms with Crippen molar-refractivity contribution in [1.29, 1.82) is 0 Å². The normalized spacial score (nSPS) is 11.4. The second-order valence-corrected chi connectivity index (χ2v) is 11.8. The molecule has 0 aliphatic heterocycles. The smallest absolute Gasteiger partial charge is 0.123 e. The highest BCUT2D eigenvalue weighted by Crippen LogP contribution is 2.36. The molecule has 7 aromatic rings. The number of benzene rings is 5. The highest BCUT2D eigenvalue weighted by Gasteiger charge is 2.10. The molecule has 2 heterocycles. The minimum Gasteiger partial charge on any atom is -0.244 e. The molecule has 0 unspecified atom stereocenters. The third kappa shape index (κ3) is 4.32. The Hall–Kier alpha value is -4.12. The Labute approximate surface area is 229 Å². The number of nitrogens with zero attached hydrogens (tertiary/aromatic N) is 2. The van der Waals surface area contributed by atoms with Crippen LogP contribution in [0.2, 0.25) is 0 Å². The molecule has 0 amide bonds. The quantitative estimate of drug-likeness (QED) is 0.214. The van der Waals surface area contributed by atoms with E-state index >= 15 is 0 Å². The Bertz CT molecular complexity index is 1780. The summed E-state index contributed by atoms with van der Waals surface area (Å²) in [5, 5.41) is 7.01. The number of hydrogen-bond donors (Lipinski definition) is 0. The van der Waals surface area contributed by atoms with E-state index in [2.05, 4.69) is 111 Å². The lowest BCUT2D eigenvalue weighted by molar-refractivity contribution is 1.41. The Balaban J connectivity index is 1.20. The van der Waals surface area contributed by atoms with E-state index in [4.69, 9.17) is 9.97 Å². The Morgan fingerprint density at radius 2 is 0.816 bits per heavy atom. The molecule has 0 radical (unpaired) electrons. The molecule has 0 aliphatic rings. The zero-order valence-electron chi connectivity index (χ0n) is 21.1. The summed E-state index contributed by atoms with van der Waals surface area (Å²) in [6, 6.07) is 35.2. The number of hydrogen-bond acceptors (Lipinski definition) is 4. The van der Waals surface area contributed by atoms with E-state index in [0.717, 1.165) is 21.1 Å². The number of rotatable bonds is 4. The fraction of sp³-hybridized carbons (Fsp3) is 0.0588. The summed E-state index contributed by atoms with van der Waals surface area (Å²) >= 11 is 3.48. The molecular formula is C34H24N2S2. The molecule has 182 valence electrons. The zero-order valence-corrected chi connectivity index (χ0v) is 22.7. The Morgan fingerprint density at radius 3 is 1.24 bits per heavy atom. The van der Waals surface area contributed by atoms with Crippen molar-refractivity contribution in [2.45, 2.75) is 13.8 Å². The van der Waals surface area contributed by atoms with Crippen molar-refractivity contribution in [1.82, 2.24) is 9.97 Å². The van der Waals surface area contributed by atoms with Gasteiger partial charge in [-0.3, -0.25) is 0 Å². The van der Waals surface area contributed by atoms with Gasteiger partial charge in [0, 0.05) is 23.5 Å². The van der Waals surface area contributed by atoms with Crippen molar-refractivity contribution in [3.63, 3.8) is 0 Å². The molecule has 38 heavy (non-hydrogen) atoms. The second-order valence-electron chi connectivity index (χ2n) is 9.77. The minimum atomic E-state index is 1.05. The van der Waals surface area contributed by atoms with Crippen LogP contribution in [0, 0.1) is 13.8 Å². The van der Waals surface area contributed by atoms with Crippen molar-refractivity contribution in [2.24, 2.45) is 0 Å². The van der Waals surface area contributed by atoms with Gasteiger partial charge >= 0.3 is 0 Å². The van der Waals surface area contributed by atoms with E-state index in [-0.39, 0.29) is 0 Å². The minimum absolute atomic E-state index is 1.05. The molecule has 0 N–H and O–H groups in total. The maximum Gasteiger partial charge on any atom is 0.123 e. The second kappa shape index (κ2) is 9.32. The van der Waals surface area contributed by atoms with Gasteiger partial charge in [-0.05, 0) is 70.8 Å². The standard InChI is InChI=1S/C34H24N2S2/c1-21-3-7-23(8-4-21)31-19-35-33(37-31)27-13-11-25-16-30-18-28(14-12-26(30)15-29(25)17-27)34-36-20-32(38-34)24-9-5-22(2)6-10-24/h3-20H,1-2H3. The summed E-state index contributed by atoms with van der Waals surface area (Å²) < 4.78 is 0. The van der Waals surface area contributed by atoms with E-state index in [1.807, 2.05) is 12.4 Å². The third-order valence-electron chi connectivity index (χ3n) is 6.97. The van der Waals surface area contributed by atoms with Gasteiger partial charge in [-0.2, -0.15) is 0 Å². The number of fused-ring (bicyclic) bond motifs is 2. The van der Waals surface area contributed by atoms with Gasteiger partial charge in [-0.1, -0.05) is 83.9 Å². The van der Waals surface area contributed by atoms with Gasteiger partial charge in [-0.15, -0.1) is 22.7 Å². The van der Waals surface area contributed by atoms with Crippen LogP contribution in [0.4, 0.5) is 0 Å². The largest absolute Gasteiger partial charge is 0.244 e. The molecule has 0 bridgehead atoms. The van der Waals surface area contributed by atoms with Crippen LogP contribution in [-0.4, -0.2) is 9.97 Å². The van der Waals surface area contributed by atoms with Gasteiger partial charge in [0.1, 0.15) is 10.0 Å². The number of thiazole rings is 2. The molecular weight excluding hydrogens is 501 g/mol. The van der Waals surface area contributed by atoms with Crippen LogP contribution in [0.25, 0.3) is 63.6 Å². The molecule has 5 aromatic carbocycles. The molecule has 0 saturated carbocycles. The number of aryl methyl sites for hydroxylation is 2. The van der Waals surface area contributed by atoms with Gasteiger partial charge < -0.3 is 0 Å². The molecule has 0 atom stereocenters. The van der Waals surface area contributed by atoms with Crippen LogP contribution >= 0.6 is 22.7 Å². The van der Waals surface area contributed by atoms with Crippen LogP contribution in [0.3, 0.4) is 0 Å². The molecule has 7 rings (SSSR count). The maximum atomic E-state index is 4.74. The van der Waals surface area contributed by atoms with E-state index < -0.39 is 0 Å². The fourth-order valence-electron chi connectivity index (χ4n) is 4.78. The average Bonchev–Trinajstić information content (AvgIpc) is 3.63. The van der Waals surface area contributed by atoms with Crippen molar-refractivity contribution in [3.8, 4) is 42.0 Å². The lowest BCUT2D eigenvalue weighted by atomic mass is 10.0. The van der Waals surface area contributed by atoms with Gasteiger partial charge in [0.05, 0.1) is 9.75 Å². The van der Waals surface area contributed by atoms with Crippen molar-refractivity contribution < 1.29 is 0 Å². The number of aromatic nitrogens is 2. The van der Waals surface area contributed by atoms with Gasteiger partial charge in [0.25, 0.3) is 0 Å². The monoisotopic (exact) mass is 524 g/mol. The highest BCUT2D eigenvalue weighted by atomic mass is 32.1. The predicted molar refractivity (Wildman–Crippen MR) is 164 cm³/mol. The van der Waals surface area contributed by atoms with Crippen molar-refractivity contribution in [2.75, 3.05) is 0 Å². The van der Waals surface area contributed by atoms with Crippen LogP contribution in [0.15, 0.2) is 109 Å². The van der Waals surface area contributed by atoms with Crippen LogP contribution in [-0.2, 0) is 0 Å². The van der Waals surface area contributed by atoms with E-state index in [1.54, 1.807) is 22.7 Å². The summed E-state index contributed by atoms with van der Waals surface area (Å²) in [4.78, 5) is 11.9. The SMILES string of the molecule is Cc1ccc(-c2cnc(-c3ccc4cc5cc(-c6ncc(-c7ccc(C)cc7)s6)ccc5cc4c3)s2)cc1. The van der Waals surface area contributed by atoms with E-state index in [0.29, 0.717) is 0 Å². The molecule has 0 spiro atoms. The average molecular weight is 525 g/mol. The molecule has 0 saturated heterocycles. The first kappa shape index (κ1) is 23.0. The lowest BCUT2D eigenvalue weighted by Gasteiger charge is -2.06. The topological polar surface area (TPSA) is 25.8 Å². The molecule has 4 heteroatoms. The third-order valence-corrected chi connectivity index (χ3v) is 9.16. The zero-order chi connectivity index (χ0) is 25.6. The predicted octanol–water partition coefficient (Wildman–Crippen LogP) is 10.2. The fourth-order valence-corrected chi connectivity index (χ4v) is 6.62. The summed E-state index contributed by atoms with van der Waals surface area (Å²) in [5.74, 6) is 0.